The van der Waals surface area contributed by atoms with Crippen molar-refractivity contribution < 1.29 is 22.5 Å². The number of hydrogen-bond acceptors (Lipinski definition) is 5. The van der Waals surface area contributed by atoms with Crippen molar-refractivity contribution in [1.29, 1.82) is 0 Å². The van der Waals surface area contributed by atoms with Crippen molar-refractivity contribution >= 4 is 16.2 Å². The minimum Gasteiger partial charge on any atom is -0.444 e. The van der Waals surface area contributed by atoms with Crippen molar-refractivity contribution in [2.24, 2.45) is 5.92 Å². The van der Waals surface area contributed by atoms with Crippen LogP contribution in [0.3, 0.4) is 0 Å². The lowest BCUT2D eigenvalue weighted by molar-refractivity contribution is -0.0528. The Morgan fingerprint density at radius 1 is 1.03 bits per heavy atom. The number of carbonyl (C=O) groups is 1. The van der Waals surface area contributed by atoms with E-state index in [0.29, 0.717) is 18.9 Å². The van der Waals surface area contributed by atoms with E-state index in [9.17, 15) is 17.8 Å². The van der Waals surface area contributed by atoms with Crippen LogP contribution in [0.4, 0.5) is 4.79 Å². The number of hydrogen-bond donors (Lipinski definition) is 1. The van der Waals surface area contributed by atoms with Crippen molar-refractivity contribution in [2.45, 2.75) is 37.3 Å². The molecule has 3 fully saturated rings. The molecule has 7 nitrogen and oxygen atoms in total. The Kier molecular flexibility index (Phi) is 5.93. The molecule has 0 spiro atoms. The molecule has 2 aromatic carbocycles. The molecule has 33 heavy (non-hydrogen) atoms. The molecule has 0 radical (unpaired) electrons. The highest BCUT2D eigenvalue weighted by atomic mass is 32.2. The Morgan fingerprint density at radius 3 is 2.39 bits per heavy atom. The number of rotatable bonds is 5. The Morgan fingerprint density at radius 2 is 1.73 bits per heavy atom. The third-order valence-electron chi connectivity index (χ3n) is 7.57. The molecule has 4 heterocycles. The summed E-state index contributed by atoms with van der Waals surface area (Å²) in [7, 11) is -4.24. The molecule has 1 N–H and O–H groups in total. The Bertz CT molecular complexity index is 1110. The summed E-state index contributed by atoms with van der Waals surface area (Å²) in [5, 5.41) is 0. The van der Waals surface area contributed by atoms with Crippen molar-refractivity contribution in [3.63, 3.8) is 0 Å². The van der Waals surface area contributed by atoms with Crippen LogP contribution in [0, 0.1) is 5.92 Å². The molecular formula is C25H30N2O5S. The van der Waals surface area contributed by atoms with E-state index in [1.54, 1.807) is 4.90 Å². The summed E-state index contributed by atoms with van der Waals surface area (Å²) in [6.07, 6.45) is 2.21. The second-order valence-corrected chi connectivity index (χ2v) is 11.0. The van der Waals surface area contributed by atoms with Gasteiger partial charge >= 0.3 is 6.09 Å². The fourth-order valence-corrected chi connectivity index (χ4v) is 6.46. The smallest absolute Gasteiger partial charge is 0.411 e. The summed E-state index contributed by atoms with van der Waals surface area (Å²) in [6.45, 7) is 3.28. The van der Waals surface area contributed by atoms with Gasteiger partial charge in [-0.2, -0.15) is 8.42 Å². The molecule has 0 saturated carbocycles. The monoisotopic (exact) mass is 470 g/mol. The third-order valence-corrected chi connectivity index (χ3v) is 8.29. The number of nitrogens with zero attached hydrogens (tertiary/aromatic N) is 2. The molecule has 2 bridgehead atoms. The molecule has 176 valence electrons. The normalized spacial score (nSPS) is 28.9. The molecule has 6 rings (SSSR count). The first-order chi connectivity index (χ1) is 15.9. The van der Waals surface area contributed by atoms with Crippen LogP contribution >= 0.6 is 0 Å². The van der Waals surface area contributed by atoms with Gasteiger partial charge in [-0.25, -0.2) is 4.79 Å². The van der Waals surface area contributed by atoms with Crippen LogP contribution in [-0.2, 0) is 26.8 Å². The van der Waals surface area contributed by atoms with Crippen LogP contribution in [0.1, 0.15) is 36.0 Å². The van der Waals surface area contributed by atoms with Gasteiger partial charge in [0.05, 0.1) is 11.3 Å². The second kappa shape index (κ2) is 8.74. The van der Waals surface area contributed by atoms with E-state index in [1.807, 2.05) is 54.6 Å². The standard InChI is InChI=1S/C25H30N2O5S/c28-24(32-23-18-26-14-10-20(23)11-15-26)27-16-12-19-6-4-5-9-22(19)25(27,13-17-33(29,30)31)21-7-2-1-3-8-21/h1-9,20,23H,10-18H2,(H,29,30,31)/t23-,25+/m0/s1. The van der Waals surface area contributed by atoms with Crippen LogP contribution in [0.15, 0.2) is 54.6 Å². The minimum absolute atomic E-state index is 0.0438. The Labute approximate surface area is 195 Å². The molecule has 0 aliphatic carbocycles. The third kappa shape index (κ3) is 4.27. The van der Waals surface area contributed by atoms with Crippen LogP contribution in [0.5, 0.6) is 0 Å². The summed E-state index contributed by atoms with van der Waals surface area (Å²) in [5.41, 5.74) is 1.73. The van der Waals surface area contributed by atoms with Gasteiger partial charge in [0, 0.05) is 13.1 Å². The highest BCUT2D eigenvalue weighted by Gasteiger charge is 2.48. The second-order valence-electron chi connectivity index (χ2n) is 9.38. The van der Waals surface area contributed by atoms with Gasteiger partial charge in [-0.15, -0.1) is 0 Å². The van der Waals surface area contributed by atoms with Gasteiger partial charge in [-0.05, 0) is 61.4 Å². The maximum Gasteiger partial charge on any atom is 0.411 e. The number of amides is 1. The quantitative estimate of drug-likeness (QED) is 0.675. The lowest BCUT2D eigenvalue weighted by Crippen LogP contribution is -2.58. The summed E-state index contributed by atoms with van der Waals surface area (Å²) in [6, 6.07) is 17.4. The maximum atomic E-state index is 13.7. The first-order valence-corrected chi connectivity index (χ1v) is 13.3. The van der Waals surface area contributed by atoms with E-state index in [2.05, 4.69) is 4.90 Å². The van der Waals surface area contributed by atoms with Gasteiger partial charge in [0.25, 0.3) is 10.1 Å². The summed E-state index contributed by atoms with van der Waals surface area (Å²) < 4.78 is 39.5. The van der Waals surface area contributed by atoms with E-state index in [-0.39, 0.29) is 12.5 Å². The van der Waals surface area contributed by atoms with E-state index < -0.39 is 27.5 Å². The molecular weight excluding hydrogens is 440 g/mol. The number of fused-ring (bicyclic) bond motifs is 4. The summed E-state index contributed by atoms with van der Waals surface area (Å²) in [4.78, 5) is 17.8. The highest BCUT2D eigenvalue weighted by Crippen LogP contribution is 2.45. The number of carbonyl (C=O) groups excluding carboxylic acids is 1. The number of piperidine rings is 3. The number of benzene rings is 2. The summed E-state index contributed by atoms with van der Waals surface area (Å²) in [5.74, 6) is -0.0835. The zero-order valence-electron chi connectivity index (χ0n) is 18.6. The fourth-order valence-electron chi connectivity index (χ4n) is 5.91. The molecule has 0 aromatic heterocycles. The van der Waals surface area contributed by atoms with Gasteiger partial charge in [0.2, 0.25) is 0 Å². The fraction of sp³-hybridized carbons (Fsp3) is 0.480. The molecule has 2 atom stereocenters. The predicted octanol–water partition coefficient (Wildman–Crippen LogP) is 3.30. The maximum absolute atomic E-state index is 13.7. The molecule has 8 heteroatoms. The van der Waals surface area contributed by atoms with Gasteiger partial charge in [-0.3, -0.25) is 14.4 Å². The zero-order chi connectivity index (χ0) is 23.1. The average Bonchev–Trinajstić information content (AvgIpc) is 2.83. The lowest BCUT2D eigenvalue weighted by atomic mass is 9.74. The SMILES string of the molecule is O=C(O[C@H]1CN2CCC1CC2)N1CCc2ccccc2[C@@]1(CCS(=O)(=O)O)c1ccccc1. The topological polar surface area (TPSA) is 87.2 Å². The van der Waals surface area contributed by atoms with Crippen LogP contribution in [0.2, 0.25) is 0 Å². The summed E-state index contributed by atoms with van der Waals surface area (Å²) >= 11 is 0. The predicted molar refractivity (Wildman–Crippen MR) is 125 cm³/mol. The first-order valence-electron chi connectivity index (χ1n) is 11.7. The Hall–Kier alpha value is -2.42. The van der Waals surface area contributed by atoms with Crippen molar-refractivity contribution in [3.05, 3.63) is 71.3 Å². The van der Waals surface area contributed by atoms with E-state index in [4.69, 9.17) is 4.74 Å². The van der Waals surface area contributed by atoms with Crippen LogP contribution in [-0.4, -0.2) is 66.9 Å². The molecule has 3 saturated heterocycles. The van der Waals surface area contributed by atoms with Crippen molar-refractivity contribution in [1.82, 2.24) is 9.80 Å². The van der Waals surface area contributed by atoms with Crippen LogP contribution < -0.4 is 0 Å². The molecule has 0 unspecified atom stereocenters. The largest absolute Gasteiger partial charge is 0.444 e. The van der Waals surface area contributed by atoms with Crippen molar-refractivity contribution in [2.75, 3.05) is 31.9 Å². The Balaban J connectivity index is 1.57. The zero-order valence-corrected chi connectivity index (χ0v) is 19.4. The first kappa shape index (κ1) is 22.4. The van der Waals surface area contributed by atoms with E-state index in [0.717, 1.165) is 49.2 Å². The average molecular weight is 471 g/mol. The lowest BCUT2D eigenvalue weighted by Gasteiger charge is -2.50. The van der Waals surface area contributed by atoms with Gasteiger partial charge in [0.1, 0.15) is 6.10 Å². The van der Waals surface area contributed by atoms with Crippen LogP contribution in [0.25, 0.3) is 0 Å². The van der Waals surface area contributed by atoms with Gasteiger partial charge < -0.3 is 4.74 Å². The van der Waals surface area contributed by atoms with E-state index >= 15 is 0 Å². The molecule has 4 aliphatic heterocycles. The molecule has 4 aliphatic rings. The van der Waals surface area contributed by atoms with E-state index in [1.165, 1.54) is 0 Å². The molecule has 2 aromatic rings. The van der Waals surface area contributed by atoms with Gasteiger partial charge in [0.15, 0.2) is 0 Å². The van der Waals surface area contributed by atoms with Gasteiger partial charge in [-0.1, -0.05) is 54.6 Å². The number of ether oxygens (including phenoxy) is 1. The molecule has 1 amide bonds. The minimum atomic E-state index is -4.24. The van der Waals surface area contributed by atoms with Crippen molar-refractivity contribution in [3.8, 4) is 0 Å². The highest BCUT2D eigenvalue weighted by molar-refractivity contribution is 7.85.